The maximum absolute atomic E-state index is 14.4. The van der Waals surface area contributed by atoms with Gasteiger partial charge in [-0.15, -0.1) is 0 Å². The van der Waals surface area contributed by atoms with Crippen molar-refractivity contribution in [1.82, 2.24) is 0 Å². The smallest absolute Gasteiger partial charge is 0.305 e. The number of esters is 1. The fourth-order valence-electron chi connectivity index (χ4n) is 6.54. The highest BCUT2D eigenvalue weighted by atomic mass is 32.2. The first kappa shape index (κ1) is 39.8. The first-order valence-corrected chi connectivity index (χ1v) is 22.1. The third kappa shape index (κ3) is 12.6. The standard InChI is InChI=1S/C38H62O7SSi/c1-29(45-47(6,7)38(2,3)4)20-12-10-16-24-34(46(41)30-21-13-11-14-22-30)37-31(23-15-8-9-17-25-35(40)42-5)32(39)28-33(37)44-36-26-18-19-27-43-36/h11,13-14,16,21-22,24,29,31,33-34,36-37H,8-10,12,15,17-20,23,25-28H2,1-7H3/b24-16+/t29-,31+,33-,34+,36+,37-,46?/m1/s1. The molecule has 1 aromatic carbocycles. The van der Waals surface area contributed by atoms with E-state index in [4.69, 9.17) is 18.6 Å². The Labute approximate surface area is 288 Å². The summed E-state index contributed by atoms with van der Waals surface area (Å²) in [6.07, 6.45) is 14.5. The van der Waals surface area contributed by atoms with Crippen LogP contribution in [0.3, 0.4) is 0 Å². The van der Waals surface area contributed by atoms with E-state index in [0.29, 0.717) is 19.4 Å². The number of carbonyl (C=O) groups excluding carboxylic acids is 2. The number of Topliss-reactive ketones (excluding diaryl/α,β-unsaturated/α-hetero) is 1. The lowest BCUT2D eigenvalue weighted by Gasteiger charge is -2.38. The van der Waals surface area contributed by atoms with Crippen molar-refractivity contribution in [2.45, 2.75) is 158 Å². The van der Waals surface area contributed by atoms with Crippen molar-refractivity contribution in [3.63, 3.8) is 0 Å². The number of allylic oxidation sites excluding steroid dienone is 1. The molecule has 7 nitrogen and oxygen atoms in total. The maximum atomic E-state index is 14.4. The first-order chi connectivity index (χ1) is 22.3. The second-order valence-corrected chi connectivity index (χ2v) is 21.3. The zero-order valence-electron chi connectivity index (χ0n) is 30.2. The Bertz CT molecular complexity index is 1140. The minimum atomic E-state index is -1.83. The third-order valence-electron chi connectivity index (χ3n) is 10.3. The van der Waals surface area contributed by atoms with Gasteiger partial charge in [0.15, 0.2) is 14.6 Å². The normalized spacial score (nSPS) is 24.4. The van der Waals surface area contributed by atoms with Gasteiger partial charge in [0.1, 0.15) is 5.78 Å². The van der Waals surface area contributed by atoms with E-state index in [1.165, 1.54) is 7.11 Å². The van der Waals surface area contributed by atoms with Gasteiger partial charge in [0, 0.05) is 42.3 Å². The van der Waals surface area contributed by atoms with E-state index >= 15 is 0 Å². The Morgan fingerprint density at radius 2 is 1.81 bits per heavy atom. The second kappa shape index (κ2) is 19.5. The van der Waals surface area contributed by atoms with E-state index in [1.54, 1.807) is 0 Å². The van der Waals surface area contributed by atoms with Gasteiger partial charge < -0.3 is 18.6 Å². The van der Waals surface area contributed by atoms with Crippen molar-refractivity contribution in [1.29, 1.82) is 0 Å². The quantitative estimate of drug-likeness (QED) is 0.0620. The van der Waals surface area contributed by atoms with Gasteiger partial charge in [-0.25, -0.2) is 0 Å². The Hall–Kier alpha value is -1.65. The molecule has 9 heteroatoms. The van der Waals surface area contributed by atoms with Crippen molar-refractivity contribution >= 4 is 30.9 Å². The molecular formula is C38H62O7SSi. The van der Waals surface area contributed by atoms with E-state index in [-0.39, 0.29) is 52.4 Å². The average Bonchev–Trinajstić information content (AvgIpc) is 3.33. The van der Waals surface area contributed by atoms with Crippen LogP contribution in [0.5, 0.6) is 0 Å². The Morgan fingerprint density at radius 3 is 2.47 bits per heavy atom. The van der Waals surface area contributed by atoms with Crippen LogP contribution in [0.15, 0.2) is 47.4 Å². The van der Waals surface area contributed by atoms with Crippen LogP contribution in [0, 0.1) is 11.8 Å². The molecule has 1 aromatic rings. The van der Waals surface area contributed by atoms with Gasteiger partial charge in [-0.05, 0) is 88.6 Å². The first-order valence-electron chi connectivity index (χ1n) is 18.0. The zero-order chi connectivity index (χ0) is 34.5. The molecule has 1 heterocycles. The number of ketones is 1. The van der Waals surface area contributed by atoms with Crippen molar-refractivity contribution < 1.29 is 32.4 Å². The van der Waals surface area contributed by atoms with Crippen LogP contribution >= 0.6 is 0 Å². The monoisotopic (exact) mass is 690 g/mol. The molecule has 3 rings (SSSR count). The van der Waals surface area contributed by atoms with Crippen molar-refractivity contribution in [3.8, 4) is 0 Å². The number of hydrogen-bond donors (Lipinski definition) is 0. The summed E-state index contributed by atoms with van der Waals surface area (Å²) in [6.45, 7) is 14.2. The van der Waals surface area contributed by atoms with Gasteiger partial charge in [-0.3, -0.25) is 13.8 Å². The molecule has 7 atom stereocenters. The lowest BCUT2D eigenvalue weighted by atomic mass is 9.86. The maximum Gasteiger partial charge on any atom is 0.305 e. The van der Waals surface area contributed by atoms with Crippen molar-refractivity contribution in [3.05, 3.63) is 42.5 Å². The fraction of sp³-hybridized carbons (Fsp3) is 0.737. The molecule has 0 bridgehead atoms. The van der Waals surface area contributed by atoms with Crippen LogP contribution in [0.4, 0.5) is 0 Å². The SMILES string of the molecule is COC(=O)CCCCCC[C@H]1C(=O)C[C@@H](O[C@H]2CCCCO2)[C@@H]1[C@H](/C=C/CCC[C@@H](C)O[Si](C)(C)C(C)(C)C)S(=O)c1ccccc1. The highest BCUT2D eigenvalue weighted by Crippen LogP contribution is 2.42. The van der Waals surface area contributed by atoms with Crippen LogP contribution in [0.1, 0.15) is 111 Å². The van der Waals surface area contributed by atoms with E-state index in [0.717, 1.165) is 75.5 Å². The molecule has 47 heavy (non-hydrogen) atoms. The molecule has 1 aliphatic carbocycles. The van der Waals surface area contributed by atoms with Gasteiger partial charge in [0.25, 0.3) is 0 Å². The summed E-state index contributed by atoms with van der Waals surface area (Å²) in [5.41, 5.74) is 0. The van der Waals surface area contributed by atoms with E-state index in [1.807, 2.05) is 30.3 Å². The number of carbonyl (C=O) groups is 2. The van der Waals surface area contributed by atoms with Gasteiger partial charge >= 0.3 is 5.97 Å². The van der Waals surface area contributed by atoms with E-state index in [2.05, 4.69) is 52.9 Å². The van der Waals surface area contributed by atoms with Crippen molar-refractivity contribution in [2.24, 2.45) is 11.8 Å². The predicted octanol–water partition coefficient (Wildman–Crippen LogP) is 8.93. The van der Waals surface area contributed by atoms with Crippen LogP contribution < -0.4 is 0 Å². The lowest BCUT2D eigenvalue weighted by Crippen LogP contribution is -2.43. The molecular weight excluding hydrogens is 629 g/mol. The molecule has 1 saturated carbocycles. The topological polar surface area (TPSA) is 88.1 Å². The van der Waals surface area contributed by atoms with E-state index < -0.39 is 19.1 Å². The summed E-state index contributed by atoms with van der Waals surface area (Å²) in [5, 5.41) is -0.183. The molecule has 266 valence electrons. The molecule has 0 amide bonds. The van der Waals surface area contributed by atoms with Crippen LogP contribution in [-0.2, 0) is 39.0 Å². The van der Waals surface area contributed by atoms with Gasteiger partial charge in [-0.1, -0.05) is 70.4 Å². The Balaban J connectivity index is 1.77. The third-order valence-corrected chi connectivity index (χ3v) is 16.6. The molecule has 1 saturated heterocycles. The number of unbranched alkanes of at least 4 members (excludes halogenated alkanes) is 4. The Morgan fingerprint density at radius 1 is 1.09 bits per heavy atom. The molecule has 1 aliphatic heterocycles. The summed E-state index contributed by atoms with van der Waals surface area (Å²) < 4.78 is 38.2. The number of hydrogen-bond acceptors (Lipinski definition) is 7. The number of methoxy groups -OCH3 is 1. The molecule has 0 spiro atoms. The number of benzene rings is 1. The largest absolute Gasteiger partial charge is 0.469 e. The van der Waals surface area contributed by atoms with Gasteiger partial charge in [0.2, 0.25) is 0 Å². The molecule has 0 radical (unpaired) electrons. The number of ether oxygens (including phenoxy) is 3. The van der Waals surface area contributed by atoms with Crippen LogP contribution in [0.25, 0.3) is 0 Å². The number of rotatable bonds is 19. The lowest BCUT2D eigenvalue weighted by molar-refractivity contribution is -0.195. The van der Waals surface area contributed by atoms with Crippen LogP contribution in [-0.4, -0.2) is 61.7 Å². The van der Waals surface area contributed by atoms with E-state index in [9.17, 15) is 13.8 Å². The minimum absolute atomic E-state index is 0.176. The van der Waals surface area contributed by atoms with Gasteiger partial charge in [0.05, 0.1) is 29.3 Å². The fourth-order valence-corrected chi connectivity index (χ4v) is 9.66. The van der Waals surface area contributed by atoms with Crippen LogP contribution in [0.2, 0.25) is 18.1 Å². The minimum Gasteiger partial charge on any atom is -0.469 e. The predicted molar refractivity (Wildman–Crippen MR) is 192 cm³/mol. The molecule has 0 N–H and O–H groups in total. The summed E-state index contributed by atoms with van der Waals surface area (Å²) >= 11 is 0. The molecule has 2 aliphatic rings. The summed E-state index contributed by atoms with van der Waals surface area (Å²) in [6, 6.07) is 9.63. The average molecular weight is 691 g/mol. The van der Waals surface area contributed by atoms with Crippen molar-refractivity contribution in [2.75, 3.05) is 13.7 Å². The summed E-state index contributed by atoms with van der Waals surface area (Å²) in [4.78, 5) is 26.0. The highest BCUT2D eigenvalue weighted by molar-refractivity contribution is 7.85. The highest BCUT2D eigenvalue weighted by Gasteiger charge is 2.48. The molecule has 0 aromatic heterocycles. The summed E-state index contributed by atoms with van der Waals surface area (Å²) in [7, 11) is -1.77. The molecule has 1 unspecified atom stereocenters. The second-order valence-electron chi connectivity index (χ2n) is 15.0. The van der Waals surface area contributed by atoms with Gasteiger partial charge in [-0.2, -0.15) is 0 Å². The summed E-state index contributed by atoms with van der Waals surface area (Å²) in [5.74, 6) is -0.423. The Kier molecular flexibility index (Phi) is 16.5. The molecule has 2 fully saturated rings. The zero-order valence-corrected chi connectivity index (χ0v) is 32.0.